The molecule has 1 aliphatic rings. The predicted molar refractivity (Wildman–Crippen MR) is 85.6 cm³/mol. The molecule has 0 aromatic heterocycles. The van der Waals surface area contributed by atoms with Crippen molar-refractivity contribution in [2.45, 2.75) is 56.4 Å². The lowest BCUT2D eigenvalue weighted by Gasteiger charge is -2.39. The van der Waals surface area contributed by atoms with E-state index in [0.717, 1.165) is 0 Å². The number of unbranched alkanes of at least 4 members (excludes halogenated alkanes) is 1. The minimum atomic E-state index is -4.03. The fourth-order valence-electron chi connectivity index (χ4n) is 2.28. The maximum atomic E-state index is 11.4. The van der Waals surface area contributed by atoms with Crippen LogP contribution in [0.3, 0.4) is 0 Å². The third kappa shape index (κ3) is 8.22. The largest absolute Gasteiger partial charge is 0.466 e. The highest BCUT2D eigenvalue weighted by molar-refractivity contribution is 7.85. The maximum Gasteiger partial charge on any atom is 0.305 e. The summed E-state index contributed by atoms with van der Waals surface area (Å²) in [5.41, 5.74) is 0. The van der Waals surface area contributed by atoms with Gasteiger partial charge >= 0.3 is 5.97 Å². The molecule has 0 spiro atoms. The first-order valence-corrected chi connectivity index (χ1v) is 9.79. The van der Waals surface area contributed by atoms with Crippen LogP contribution in [0.4, 0.5) is 0 Å². The third-order valence-electron chi connectivity index (χ3n) is 3.72. The number of esters is 1. The molecule has 12 heteroatoms. The van der Waals surface area contributed by atoms with Gasteiger partial charge < -0.3 is 34.6 Å². The molecule has 0 unspecified atom stereocenters. The minimum absolute atomic E-state index is 0.0170. The standard InChI is InChI=1S/C14H26O11S/c15-8-9-11(17)12(18)13(19)14(25-9)24-6-3-5-23-10(16)4-1-2-7-26(20,21)22/h9,11-15,17-19H,1-8H2,(H,20,21,22)/t9-,11-,12+,13-,14-/m1/s1. The van der Waals surface area contributed by atoms with E-state index < -0.39 is 59.2 Å². The van der Waals surface area contributed by atoms with E-state index >= 15 is 0 Å². The van der Waals surface area contributed by atoms with Gasteiger partial charge in [0.05, 0.1) is 25.6 Å². The molecule has 1 heterocycles. The Bertz CT molecular complexity index is 521. The second-order valence-corrected chi connectivity index (χ2v) is 7.46. The van der Waals surface area contributed by atoms with Crippen molar-refractivity contribution in [3.8, 4) is 0 Å². The smallest absolute Gasteiger partial charge is 0.305 e. The van der Waals surface area contributed by atoms with Crippen molar-refractivity contribution in [1.29, 1.82) is 0 Å². The van der Waals surface area contributed by atoms with E-state index in [0.29, 0.717) is 0 Å². The van der Waals surface area contributed by atoms with Crippen LogP contribution in [0.15, 0.2) is 0 Å². The Kier molecular flexibility index (Phi) is 9.89. The SMILES string of the molecule is O=C(CCCCS(=O)(=O)O)OCCCO[C@@H]1O[C@H](CO)[C@@H](O)[C@H](O)[C@H]1O. The highest BCUT2D eigenvalue weighted by Gasteiger charge is 2.43. The Hall–Kier alpha value is -0.860. The van der Waals surface area contributed by atoms with Crippen molar-refractivity contribution in [2.24, 2.45) is 0 Å². The predicted octanol–water partition coefficient (Wildman–Crippen LogP) is -2.21. The summed E-state index contributed by atoms with van der Waals surface area (Å²) in [6.07, 6.45) is -6.06. The average molecular weight is 402 g/mol. The zero-order valence-corrected chi connectivity index (χ0v) is 15.0. The first-order chi connectivity index (χ1) is 12.2. The summed E-state index contributed by atoms with van der Waals surface area (Å²) in [5.74, 6) is -0.930. The van der Waals surface area contributed by atoms with Gasteiger partial charge in [0.2, 0.25) is 0 Å². The van der Waals surface area contributed by atoms with Crippen LogP contribution in [0, 0.1) is 0 Å². The third-order valence-corrected chi connectivity index (χ3v) is 4.52. The molecule has 0 bridgehead atoms. The van der Waals surface area contributed by atoms with E-state index in [2.05, 4.69) is 0 Å². The lowest BCUT2D eigenvalue weighted by molar-refractivity contribution is -0.301. The molecule has 0 amide bonds. The second-order valence-electron chi connectivity index (χ2n) is 5.89. The molecule has 5 N–H and O–H groups in total. The summed E-state index contributed by atoms with van der Waals surface area (Å²) >= 11 is 0. The summed E-state index contributed by atoms with van der Waals surface area (Å²) in [5, 5.41) is 38.0. The first-order valence-electron chi connectivity index (χ1n) is 8.18. The number of aliphatic hydroxyl groups excluding tert-OH is 4. The number of rotatable bonds is 11. The number of aliphatic hydroxyl groups is 4. The van der Waals surface area contributed by atoms with Crippen molar-refractivity contribution in [1.82, 2.24) is 0 Å². The van der Waals surface area contributed by atoms with Gasteiger partial charge in [-0.15, -0.1) is 0 Å². The topological polar surface area (TPSA) is 180 Å². The summed E-state index contributed by atoms with van der Waals surface area (Å²) in [4.78, 5) is 11.4. The second kappa shape index (κ2) is 11.1. The molecule has 5 atom stereocenters. The van der Waals surface area contributed by atoms with Crippen molar-refractivity contribution in [2.75, 3.05) is 25.6 Å². The van der Waals surface area contributed by atoms with Gasteiger partial charge in [0.15, 0.2) is 6.29 Å². The first kappa shape index (κ1) is 23.2. The van der Waals surface area contributed by atoms with E-state index in [1.807, 2.05) is 0 Å². The van der Waals surface area contributed by atoms with Gasteiger partial charge in [-0.25, -0.2) is 0 Å². The Labute approximate surface area is 151 Å². The number of carbonyl (C=O) groups excluding carboxylic acids is 1. The molecule has 1 aliphatic heterocycles. The number of carbonyl (C=O) groups is 1. The van der Waals surface area contributed by atoms with Crippen LogP contribution in [-0.4, -0.2) is 95.6 Å². The molecule has 0 aromatic rings. The Morgan fingerprint density at radius 3 is 2.31 bits per heavy atom. The van der Waals surface area contributed by atoms with Gasteiger partial charge in [-0.05, 0) is 12.8 Å². The van der Waals surface area contributed by atoms with E-state index in [9.17, 15) is 28.5 Å². The van der Waals surface area contributed by atoms with Gasteiger partial charge in [-0.1, -0.05) is 0 Å². The zero-order chi connectivity index (χ0) is 19.7. The van der Waals surface area contributed by atoms with Crippen molar-refractivity contribution >= 4 is 16.1 Å². The highest BCUT2D eigenvalue weighted by atomic mass is 32.2. The summed E-state index contributed by atoms with van der Waals surface area (Å²) < 4.78 is 44.8. The van der Waals surface area contributed by atoms with E-state index in [4.69, 9.17) is 23.9 Å². The summed E-state index contributed by atoms with van der Waals surface area (Å²) in [7, 11) is -4.03. The molecule has 154 valence electrons. The fourth-order valence-corrected chi connectivity index (χ4v) is 2.84. The molecule has 0 aromatic carbocycles. The van der Waals surface area contributed by atoms with Crippen molar-refractivity contribution < 1.29 is 52.4 Å². The lowest BCUT2D eigenvalue weighted by Crippen LogP contribution is -2.59. The van der Waals surface area contributed by atoms with Gasteiger partial charge in [0.25, 0.3) is 10.1 Å². The van der Waals surface area contributed by atoms with Crippen LogP contribution < -0.4 is 0 Å². The van der Waals surface area contributed by atoms with E-state index in [-0.39, 0.29) is 38.9 Å². The average Bonchev–Trinajstić information content (AvgIpc) is 2.57. The number of ether oxygens (including phenoxy) is 3. The fraction of sp³-hybridized carbons (Fsp3) is 0.929. The summed E-state index contributed by atoms with van der Waals surface area (Å²) in [6, 6.07) is 0. The van der Waals surface area contributed by atoms with Crippen LogP contribution in [-0.2, 0) is 29.1 Å². The van der Waals surface area contributed by atoms with Gasteiger partial charge in [0.1, 0.15) is 24.4 Å². The maximum absolute atomic E-state index is 11.4. The zero-order valence-electron chi connectivity index (χ0n) is 14.1. The molecule has 26 heavy (non-hydrogen) atoms. The molecule has 0 saturated carbocycles. The molecular weight excluding hydrogens is 376 g/mol. The molecule has 1 saturated heterocycles. The van der Waals surface area contributed by atoms with Gasteiger partial charge in [-0.3, -0.25) is 9.35 Å². The van der Waals surface area contributed by atoms with Crippen LogP contribution >= 0.6 is 0 Å². The van der Waals surface area contributed by atoms with E-state index in [1.165, 1.54) is 0 Å². The normalized spacial score (nSPS) is 29.5. The number of hydrogen-bond acceptors (Lipinski definition) is 10. The Morgan fingerprint density at radius 1 is 1.00 bits per heavy atom. The lowest BCUT2D eigenvalue weighted by atomic mass is 9.99. The minimum Gasteiger partial charge on any atom is -0.466 e. The quantitative estimate of drug-likeness (QED) is 0.144. The molecule has 1 fully saturated rings. The molecular formula is C14H26O11S. The number of hydrogen-bond donors (Lipinski definition) is 5. The van der Waals surface area contributed by atoms with Crippen LogP contribution in [0.2, 0.25) is 0 Å². The Balaban J connectivity index is 2.15. The molecule has 0 aliphatic carbocycles. The molecule has 11 nitrogen and oxygen atoms in total. The van der Waals surface area contributed by atoms with E-state index in [1.54, 1.807) is 0 Å². The Morgan fingerprint density at radius 2 is 1.69 bits per heavy atom. The summed E-state index contributed by atoms with van der Waals surface area (Å²) in [6.45, 7) is -0.507. The van der Waals surface area contributed by atoms with Crippen molar-refractivity contribution in [3.05, 3.63) is 0 Å². The van der Waals surface area contributed by atoms with Crippen LogP contribution in [0.1, 0.15) is 25.7 Å². The highest BCUT2D eigenvalue weighted by Crippen LogP contribution is 2.21. The van der Waals surface area contributed by atoms with Crippen LogP contribution in [0.25, 0.3) is 0 Å². The van der Waals surface area contributed by atoms with Gasteiger partial charge in [-0.2, -0.15) is 8.42 Å². The van der Waals surface area contributed by atoms with Crippen molar-refractivity contribution in [3.63, 3.8) is 0 Å². The molecule has 1 rings (SSSR count). The monoisotopic (exact) mass is 402 g/mol. The van der Waals surface area contributed by atoms with Gasteiger partial charge in [0, 0.05) is 12.8 Å². The van der Waals surface area contributed by atoms with Crippen LogP contribution in [0.5, 0.6) is 0 Å². The molecule has 0 radical (unpaired) electrons.